The monoisotopic (exact) mass is 474 g/mol. The lowest BCUT2D eigenvalue weighted by Crippen LogP contribution is -2.59. The minimum Gasteiger partial charge on any atom is -0.348 e. The molecule has 0 aromatic heterocycles. The number of nitrogens with one attached hydrogen (secondary N) is 2. The van der Waals surface area contributed by atoms with Crippen LogP contribution in [0.5, 0.6) is 0 Å². The topological polar surface area (TPSA) is 58.2 Å². The molecule has 1 saturated heterocycles. The number of carbonyl (C=O) groups excluding carboxylic acids is 2. The summed E-state index contributed by atoms with van der Waals surface area (Å²) in [5, 5.41) is 6.75. The van der Waals surface area contributed by atoms with Crippen molar-refractivity contribution in [2.24, 2.45) is 11.8 Å². The van der Waals surface area contributed by atoms with Crippen molar-refractivity contribution in [3.63, 3.8) is 0 Å². The van der Waals surface area contributed by atoms with Gasteiger partial charge in [0.1, 0.15) is 17.0 Å². The second-order valence-electron chi connectivity index (χ2n) is 8.36. The second kappa shape index (κ2) is 7.71. The molecule has 32 heavy (non-hydrogen) atoms. The summed E-state index contributed by atoms with van der Waals surface area (Å²) in [7, 11) is 0. The van der Waals surface area contributed by atoms with E-state index in [9.17, 15) is 14.0 Å². The fourth-order valence-corrected chi connectivity index (χ4v) is 5.80. The number of halogens is 4. The molecule has 2 N–H and O–H groups in total. The van der Waals surface area contributed by atoms with Crippen molar-refractivity contribution in [1.29, 1.82) is 0 Å². The first kappa shape index (κ1) is 21.2. The predicted molar refractivity (Wildman–Crippen MR) is 118 cm³/mol. The molecule has 1 spiro atoms. The van der Waals surface area contributed by atoms with Gasteiger partial charge in [-0.1, -0.05) is 47.5 Å². The first-order valence-corrected chi connectivity index (χ1v) is 10.9. The van der Waals surface area contributed by atoms with E-state index in [4.69, 9.17) is 23.2 Å². The SMILES string of the molecule is O=C1C[C@@H](C2C=CC=C(Cl)C2)[C@]2(C(=O)Nc3cc(Cl)ccc32)[C@H](c2ccc(F)cc2F)N1. The van der Waals surface area contributed by atoms with Crippen molar-refractivity contribution in [3.8, 4) is 0 Å². The van der Waals surface area contributed by atoms with Crippen molar-refractivity contribution < 1.29 is 18.4 Å². The van der Waals surface area contributed by atoms with Crippen molar-refractivity contribution in [1.82, 2.24) is 5.32 Å². The molecular weight excluding hydrogens is 457 g/mol. The van der Waals surface area contributed by atoms with Crippen LogP contribution in [0.3, 0.4) is 0 Å². The summed E-state index contributed by atoms with van der Waals surface area (Å²) in [5.74, 6) is -3.02. The number of piperidine rings is 1. The van der Waals surface area contributed by atoms with Crippen LogP contribution in [0.25, 0.3) is 0 Å². The molecule has 1 aliphatic carbocycles. The molecule has 164 valence electrons. The van der Waals surface area contributed by atoms with Crippen LogP contribution in [0.2, 0.25) is 5.02 Å². The molecule has 4 atom stereocenters. The normalized spacial score (nSPS) is 28.9. The quantitative estimate of drug-likeness (QED) is 0.613. The maximum atomic E-state index is 15.0. The molecule has 2 aliphatic heterocycles. The Bertz CT molecular complexity index is 1210. The van der Waals surface area contributed by atoms with E-state index in [0.717, 1.165) is 12.1 Å². The van der Waals surface area contributed by atoms with Crippen LogP contribution in [-0.2, 0) is 15.0 Å². The molecule has 0 radical (unpaired) electrons. The number of rotatable bonds is 2. The summed E-state index contributed by atoms with van der Waals surface area (Å²) >= 11 is 12.5. The summed E-state index contributed by atoms with van der Waals surface area (Å²) in [6.07, 6.45) is 6.00. The van der Waals surface area contributed by atoms with Crippen LogP contribution in [0.15, 0.2) is 59.7 Å². The zero-order valence-corrected chi connectivity index (χ0v) is 18.2. The number of hydrogen-bond donors (Lipinski definition) is 2. The van der Waals surface area contributed by atoms with E-state index in [1.54, 1.807) is 30.4 Å². The van der Waals surface area contributed by atoms with Crippen LogP contribution < -0.4 is 10.6 Å². The molecule has 2 aromatic rings. The average Bonchev–Trinajstić information content (AvgIpc) is 3.01. The zero-order valence-electron chi connectivity index (χ0n) is 16.7. The number of hydrogen-bond acceptors (Lipinski definition) is 2. The molecule has 2 heterocycles. The van der Waals surface area contributed by atoms with E-state index in [1.807, 2.05) is 6.08 Å². The number of fused-ring (bicyclic) bond motifs is 2. The van der Waals surface area contributed by atoms with Gasteiger partial charge < -0.3 is 10.6 Å². The fraction of sp³-hybridized carbons (Fsp3) is 0.250. The second-order valence-corrected chi connectivity index (χ2v) is 9.28. The van der Waals surface area contributed by atoms with E-state index < -0.39 is 29.0 Å². The van der Waals surface area contributed by atoms with Gasteiger partial charge in [0, 0.05) is 33.8 Å². The molecule has 1 fully saturated rings. The molecule has 2 aromatic carbocycles. The Kier molecular flexibility index (Phi) is 5.10. The Balaban J connectivity index is 1.76. The van der Waals surface area contributed by atoms with E-state index in [1.165, 1.54) is 6.07 Å². The highest BCUT2D eigenvalue weighted by Gasteiger charge is 2.62. The Morgan fingerprint density at radius 3 is 2.59 bits per heavy atom. The lowest BCUT2D eigenvalue weighted by Gasteiger charge is -2.48. The van der Waals surface area contributed by atoms with Crippen LogP contribution in [0, 0.1) is 23.5 Å². The third-order valence-electron chi connectivity index (χ3n) is 6.66. The largest absolute Gasteiger partial charge is 0.348 e. The van der Waals surface area contributed by atoms with Crippen molar-refractivity contribution in [3.05, 3.63) is 87.4 Å². The molecule has 0 saturated carbocycles. The summed E-state index contributed by atoms with van der Waals surface area (Å²) in [5.41, 5.74) is -0.165. The number of carbonyl (C=O) groups is 2. The predicted octanol–water partition coefficient (Wildman–Crippen LogP) is 5.38. The zero-order chi connectivity index (χ0) is 22.6. The molecule has 4 nitrogen and oxygen atoms in total. The standard InChI is InChI=1S/C24H18Cl2F2N2O2/c25-13-3-1-2-12(8-13)18-11-21(31)30-22(16-6-5-15(27)10-19(16)28)24(18)17-7-4-14(26)9-20(17)29-23(24)32/h1-7,9-10,12,18,22H,8,11H2,(H,29,32)(H,30,31)/t12?,18-,22-,24-/m0/s1. The molecule has 2 amide bonds. The molecule has 8 heteroatoms. The average molecular weight is 475 g/mol. The Morgan fingerprint density at radius 2 is 1.84 bits per heavy atom. The smallest absolute Gasteiger partial charge is 0.237 e. The molecule has 0 bridgehead atoms. The van der Waals surface area contributed by atoms with Gasteiger partial charge in [-0.25, -0.2) is 8.78 Å². The van der Waals surface area contributed by atoms with E-state index >= 15 is 4.39 Å². The summed E-state index contributed by atoms with van der Waals surface area (Å²) in [4.78, 5) is 26.6. The third-order valence-corrected chi connectivity index (χ3v) is 7.17. The third kappa shape index (κ3) is 3.16. The molecular formula is C24H18Cl2F2N2O2. The molecule has 3 aliphatic rings. The Hall–Kier alpha value is -2.70. The van der Waals surface area contributed by atoms with Crippen LogP contribution in [0.4, 0.5) is 14.5 Å². The lowest BCUT2D eigenvalue weighted by molar-refractivity contribution is -0.135. The van der Waals surface area contributed by atoms with Gasteiger partial charge in [0.15, 0.2) is 0 Å². The summed E-state index contributed by atoms with van der Waals surface area (Å²) < 4.78 is 28.7. The fourth-order valence-electron chi connectivity index (χ4n) is 5.38. The van der Waals surface area contributed by atoms with Gasteiger partial charge in [-0.05, 0) is 48.1 Å². The number of allylic oxidation sites excluding steroid dienone is 4. The number of benzene rings is 2. The minimum atomic E-state index is -1.34. The molecule has 1 unspecified atom stereocenters. The van der Waals surface area contributed by atoms with Crippen LogP contribution in [0.1, 0.15) is 30.0 Å². The van der Waals surface area contributed by atoms with Gasteiger partial charge >= 0.3 is 0 Å². The van der Waals surface area contributed by atoms with Crippen molar-refractivity contribution >= 4 is 40.7 Å². The highest BCUT2D eigenvalue weighted by atomic mass is 35.5. The van der Waals surface area contributed by atoms with Crippen molar-refractivity contribution in [2.75, 3.05) is 5.32 Å². The summed E-state index contributed by atoms with van der Waals surface area (Å²) in [6, 6.07) is 7.15. The lowest BCUT2D eigenvalue weighted by atomic mass is 9.57. The number of amides is 2. The van der Waals surface area contributed by atoms with Gasteiger partial charge in [0.25, 0.3) is 0 Å². The van der Waals surface area contributed by atoms with Crippen molar-refractivity contribution in [2.45, 2.75) is 24.3 Å². The Labute approximate surface area is 193 Å². The highest BCUT2D eigenvalue weighted by molar-refractivity contribution is 6.31. The van der Waals surface area contributed by atoms with Crippen LogP contribution in [-0.4, -0.2) is 11.8 Å². The van der Waals surface area contributed by atoms with Gasteiger partial charge in [-0.2, -0.15) is 0 Å². The van der Waals surface area contributed by atoms with E-state index in [-0.39, 0.29) is 29.7 Å². The summed E-state index contributed by atoms with van der Waals surface area (Å²) in [6.45, 7) is 0. The van der Waals surface area contributed by atoms with E-state index in [0.29, 0.717) is 27.7 Å². The minimum absolute atomic E-state index is 0.0452. The van der Waals surface area contributed by atoms with Gasteiger partial charge in [-0.15, -0.1) is 0 Å². The maximum absolute atomic E-state index is 15.0. The highest BCUT2D eigenvalue weighted by Crippen LogP contribution is 2.57. The maximum Gasteiger partial charge on any atom is 0.237 e. The van der Waals surface area contributed by atoms with E-state index in [2.05, 4.69) is 10.6 Å². The van der Waals surface area contributed by atoms with Gasteiger partial charge in [0.2, 0.25) is 11.8 Å². The number of anilines is 1. The first-order valence-electron chi connectivity index (χ1n) is 10.2. The molecule has 5 rings (SSSR count). The van der Waals surface area contributed by atoms with Crippen LogP contribution >= 0.6 is 23.2 Å². The first-order chi connectivity index (χ1) is 15.3. The Morgan fingerprint density at radius 1 is 1.03 bits per heavy atom. The van der Waals surface area contributed by atoms with Gasteiger partial charge in [-0.3, -0.25) is 9.59 Å². The van der Waals surface area contributed by atoms with Gasteiger partial charge in [0.05, 0.1) is 6.04 Å².